The van der Waals surface area contributed by atoms with Gasteiger partial charge in [-0.25, -0.2) is 8.42 Å². The van der Waals surface area contributed by atoms with E-state index in [2.05, 4.69) is 0 Å². The number of rotatable bonds is 5. The average Bonchev–Trinajstić information content (AvgIpc) is 3.00. The summed E-state index contributed by atoms with van der Waals surface area (Å²) in [6, 6.07) is 12.0. The summed E-state index contributed by atoms with van der Waals surface area (Å²) in [4.78, 5) is 13.0. The standard InChI is InChI=1S/C22H22O5S/c1-26-19-12-16(13-20(14-19)27-2)11-18-7-6-17(22(18)23)10-15-4-8-21(9-5-15)28(3,24)25/h4-5,8-14H,6-7H2,1-3H3/b17-10+,18-11+. The number of carbonyl (C=O) groups excluding carboxylic acids is 1. The van der Waals surface area contributed by atoms with E-state index in [9.17, 15) is 13.2 Å². The lowest BCUT2D eigenvalue weighted by atomic mass is 10.1. The SMILES string of the molecule is COc1cc(/C=C2\CC/C(=C\c3ccc(S(C)(=O)=O)cc3)C2=O)cc(OC)c1. The van der Waals surface area contributed by atoms with Crippen molar-refractivity contribution in [2.75, 3.05) is 20.5 Å². The topological polar surface area (TPSA) is 69.7 Å². The van der Waals surface area contributed by atoms with Crippen LogP contribution in [-0.2, 0) is 14.6 Å². The van der Waals surface area contributed by atoms with Gasteiger partial charge in [-0.05, 0) is 60.4 Å². The molecule has 2 aromatic rings. The molecule has 0 heterocycles. The van der Waals surface area contributed by atoms with Gasteiger partial charge in [-0.1, -0.05) is 12.1 Å². The second-order valence-electron chi connectivity index (χ2n) is 6.66. The summed E-state index contributed by atoms with van der Waals surface area (Å²) in [5, 5.41) is 0. The molecule has 0 aromatic heterocycles. The second kappa shape index (κ2) is 8.02. The molecule has 0 N–H and O–H groups in total. The first kappa shape index (κ1) is 19.9. The third-order valence-corrected chi connectivity index (χ3v) is 5.74. The number of ether oxygens (including phenoxy) is 2. The molecule has 0 atom stereocenters. The molecule has 3 rings (SSSR count). The van der Waals surface area contributed by atoms with Crippen LogP contribution in [0.4, 0.5) is 0 Å². The summed E-state index contributed by atoms with van der Waals surface area (Å²) in [6.07, 6.45) is 6.17. The smallest absolute Gasteiger partial charge is 0.185 e. The number of hydrogen-bond acceptors (Lipinski definition) is 5. The Labute approximate surface area is 165 Å². The first-order chi connectivity index (χ1) is 13.3. The van der Waals surface area contributed by atoms with E-state index < -0.39 is 9.84 Å². The molecular weight excluding hydrogens is 376 g/mol. The summed E-state index contributed by atoms with van der Waals surface area (Å²) in [7, 11) is -0.0585. The van der Waals surface area contributed by atoms with Gasteiger partial charge in [-0.15, -0.1) is 0 Å². The molecule has 1 fully saturated rings. The summed E-state index contributed by atoms with van der Waals surface area (Å²) in [5.41, 5.74) is 3.10. The predicted octanol–water partition coefficient (Wildman–Crippen LogP) is 3.94. The molecule has 1 saturated carbocycles. The Balaban J connectivity index is 1.85. The number of sulfone groups is 1. The first-order valence-corrected chi connectivity index (χ1v) is 10.7. The third kappa shape index (κ3) is 4.51. The maximum atomic E-state index is 12.8. The molecule has 2 aromatic carbocycles. The molecule has 0 unspecified atom stereocenters. The van der Waals surface area contributed by atoms with Crippen molar-refractivity contribution >= 4 is 27.8 Å². The normalized spacial score (nSPS) is 17.3. The quantitative estimate of drug-likeness (QED) is 0.714. The van der Waals surface area contributed by atoms with Crippen LogP contribution >= 0.6 is 0 Å². The van der Waals surface area contributed by atoms with Gasteiger partial charge in [0.15, 0.2) is 15.6 Å². The van der Waals surface area contributed by atoms with E-state index in [0.717, 1.165) is 16.7 Å². The fraction of sp³-hybridized carbons (Fsp3) is 0.227. The Morgan fingerprint density at radius 3 is 1.79 bits per heavy atom. The van der Waals surface area contributed by atoms with Gasteiger partial charge in [-0.2, -0.15) is 0 Å². The molecule has 5 nitrogen and oxygen atoms in total. The van der Waals surface area contributed by atoms with Crippen molar-refractivity contribution in [3.63, 3.8) is 0 Å². The number of Topliss-reactive ketones (excluding diaryl/α,β-unsaturated/α-hetero) is 1. The van der Waals surface area contributed by atoms with Crippen molar-refractivity contribution in [3.05, 3.63) is 64.7 Å². The number of allylic oxidation sites excluding steroid dienone is 2. The number of carbonyl (C=O) groups is 1. The van der Waals surface area contributed by atoms with Gasteiger partial charge in [-0.3, -0.25) is 4.79 Å². The fourth-order valence-electron chi connectivity index (χ4n) is 3.10. The van der Waals surface area contributed by atoms with Crippen LogP contribution < -0.4 is 9.47 Å². The van der Waals surface area contributed by atoms with Gasteiger partial charge in [0.1, 0.15) is 11.5 Å². The fourth-order valence-corrected chi connectivity index (χ4v) is 3.73. The number of methoxy groups -OCH3 is 2. The highest BCUT2D eigenvalue weighted by Gasteiger charge is 2.23. The number of hydrogen-bond donors (Lipinski definition) is 0. The van der Waals surface area contributed by atoms with Gasteiger partial charge in [0.25, 0.3) is 0 Å². The molecule has 0 bridgehead atoms. The predicted molar refractivity (Wildman–Crippen MR) is 109 cm³/mol. The molecule has 0 aliphatic heterocycles. The van der Waals surface area contributed by atoms with Crippen molar-refractivity contribution in [2.24, 2.45) is 0 Å². The molecule has 1 aliphatic rings. The van der Waals surface area contributed by atoms with Crippen LogP contribution in [-0.4, -0.2) is 34.7 Å². The molecular formula is C22H22O5S. The second-order valence-corrected chi connectivity index (χ2v) is 8.67. The maximum absolute atomic E-state index is 12.8. The molecule has 1 aliphatic carbocycles. The zero-order valence-corrected chi connectivity index (χ0v) is 16.9. The lowest BCUT2D eigenvalue weighted by Crippen LogP contribution is -1.97. The van der Waals surface area contributed by atoms with Gasteiger partial charge >= 0.3 is 0 Å². The van der Waals surface area contributed by atoms with Crippen LogP contribution in [0.5, 0.6) is 11.5 Å². The maximum Gasteiger partial charge on any atom is 0.185 e. The van der Waals surface area contributed by atoms with Crippen molar-refractivity contribution in [2.45, 2.75) is 17.7 Å². The minimum Gasteiger partial charge on any atom is -0.497 e. The van der Waals surface area contributed by atoms with Gasteiger partial charge in [0.05, 0.1) is 19.1 Å². The lowest BCUT2D eigenvalue weighted by molar-refractivity contribution is -0.111. The van der Waals surface area contributed by atoms with Crippen LogP contribution in [0.25, 0.3) is 12.2 Å². The van der Waals surface area contributed by atoms with Crippen LogP contribution in [0, 0.1) is 0 Å². The Morgan fingerprint density at radius 2 is 1.32 bits per heavy atom. The van der Waals surface area contributed by atoms with Gasteiger partial charge < -0.3 is 9.47 Å². The number of benzene rings is 2. The highest BCUT2D eigenvalue weighted by atomic mass is 32.2. The van der Waals surface area contributed by atoms with Gasteiger partial charge in [0, 0.05) is 23.5 Å². The van der Waals surface area contributed by atoms with Crippen molar-refractivity contribution in [1.82, 2.24) is 0 Å². The monoisotopic (exact) mass is 398 g/mol. The Morgan fingerprint density at radius 1 is 0.821 bits per heavy atom. The Bertz CT molecular complexity index is 1040. The first-order valence-electron chi connectivity index (χ1n) is 8.79. The molecule has 0 spiro atoms. The summed E-state index contributed by atoms with van der Waals surface area (Å²) < 4.78 is 33.7. The summed E-state index contributed by atoms with van der Waals surface area (Å²) >= 11 is 0. The zero-order valence-electron chi connectivity index (χ0n) is 16.1. The highest BCUT2D eigenvalue weighted by Crippen LogP contribution is 2.31. The van der Waals surface area contributed by atoms with E-state index in [1.807, 2.05) is 24.3 Å². The lowest BCUT2D eigenvalue weighted by Gasteiger charge is -2.06. The molecule has 0 amide bonds. The molecule has 146 valence electrons. The van der Waals surface area contributed by atoms with Crippen LogP contribution in [0.3, 0.4) is 0 Å². The van der Waals surface area contributed by atoms with Crippen molar-refractivity contribution in [1.29, 1.82) is 0 Å². The molecule has 0 saturated heterocycles. The van der Waals surface area contributed by atoms with E-state index in [0.29, 0.717) is 29.9 Å². The van der Waals surface area contributed by atoms with Gasteiger partial charge in [0.2, 0.25) is 0 Å². The molecule has 28 heavy (non-hydrogen) atoms. The van der Waals surface area contributed by atoms with Crippen molar-refractivity contribution in [3.8, 4) is 11.5 Å². The van der Waals surface area contributed by atoms with E-state index in [1.165, 1.54) is 6.26 Å². The molecule has 6 heteroatoms. The molecule has 0 radical (unpaired) electrons. The zero-order chi connectivity index (χ0) is 20.3. The van der Waals surface area contributed by atoms with Crippen LogP contribution in [0.1, 0.15) is 24.0 Å². The minimum atomic E-state index is -3.23. The minimum absolute atomic E-state index is 0.00831. The summed E-state index contributed by atoms with van der Waals surface area (Å²) in [5.74, 6) is 1.34. The highest BCUT2D eigenvalue weighted by molar-refractivity contribution is 7.90. The van der Waals surface area contributed by atoms with Crippen molar-refractivity contribution < 1.29 is 22.7 Å². The van der Waals surface area contributed by atoms with E-state index >= 15 is 0 Å². The largest absolute Gasteiger partial charge is 0.497 e. The van der Waals surface area contributed by atoms with Crippen LogP contribution in [0.2, 0.25) is 0 Å². The Hall–Kier alpha value is -2.86. The van der Waals surface area contributed by atoms with E-state index in [1.54, 1.807) is 44.6 Å². The number of ketones is 1. The van der Waals surface area contributed by atoms with E-state index in [-0.39, 0.29) is 10.7 Å². The van der Waals surface area contributed by atoms with E-state index in [4.69, 9.17) is 9.47 Å². The van der Waals surface area contributed by atoms with Crippen LogP contribution in [0.15, 0.2) is 58.5 Å². The third-order valence-electron chi connectivity index (χ3n) is 4.61. The Kier molecular flexibility index (Phi) is 5.70. The summed E-state index contributed by atoms with van der Waals surface area (Å²) in [6.45, 7) is 0. The average molecular weight is 398 g/mol.